The first-order chi connectivity index (χ1) is 7.25. The van der Waals surface area contributed by atoms with E-state index in [4.69, 9.17) is 5.73 Å². The van der Waals surface area contributed by atoms with Gasteiger partial charge in [-0.3, -0.25) is 0 Å². The van der Waals surface area contributed by atoms with E-state index in [1.807, 2.05) is 0 Å². The van der Waals surface area contributed by atoms with E-state index in [0.717, 1.165) is 18.4 Å². The number of hydrogen-bond donors (Lipinski definition) is 2. The van der Waals surface area contributed by atoms with Crippen LogP contribution in [0.5, 0.6) is 0 Å². The Balaban J connectivity index is 1.85. The average Bonchev–Trinajstić information content (AvgIpc) is 2.63. The third kappa shape index (κ3) is 2.58. The minimum Gasteiger partial charge on any atom is -0.396 e. The quantitative estimate of drug-likeness (QED) is 0.793. The number of hydrogen-bond acceptors (Lipinski definition) is 4. The molecule has 4 nitrogen and oxygen atoms in total. The number of nitrogen functional groups attached to an aromatic ring is 1. The summed E-state index contributed by atoms with van der Waals surface area (Å²) in [5.74, 6) is 2.28. The molecule has 0 saturated heterocycles. The van der Waals surface area contributed by atoms with E-state index in [1.54, 1.807) is 12.4 Å². The third-order valence-electron chi connectivity index (χ3n) is 3.23. The summed E-state index contributed by atoms with van der Waals surface area (Å²) < 4.78 is 0. The lowest BCUT2D eigenvalue weighted by Gasteiger charge is -2.15. The lowest BCUT2D eigenvalue weighted by atomic mass is 9.98. The molecule has 0 aromatic carbocycles. The molecule has 2 atom stereocenters. The van der Waals surface area contributed by atoms with Crippen molar-refractivity contribution in [3.63, 3.8) is 0 Å². The summed E-state index contributed by atoms with van der Waals surface area (Å²) in [5.41, 5.74) is 6.12. The van der Waals surface area contributed by atoms with Crippen molar-refractivity contribution < 1.29 is 0 Å². The molecule has 1 aliphatic rings. The molecular formula is C11H18N4. The van der Waals surface area contributed by atoms with Crippen LogP contribution >= 0.6 is 0 Å². The molecule has 1 aromatic heterocycles. The van der Waals surface area contributed by atoms with Gasteiger partial charge in [0.05, 0.1) is 18.1 Å². The second kappa shape index (κ2) is 4.47. The maximum absolute atomic E-state index is 5.51. The van der Waals surface area contributed by atoms with Gasteiger partial charge in [0.15, 0.2) is 0 Å². The first kappa shape index (κ1) is 10.2. The zero-order valence-corrected chi connectivity index (χ0v) is 9.11. The van der Waals surface area contributed by atoms with Crippen molar-refractivity contribution in [3.8, 4) is 0 Å². The highest BCUT2D eigenvalue weighted by Gasteiger charge is 2.22. The van der Waals surface area contributed by atoms with E-state index in [1.165, 1.54) is 19.3 Å². The van der Waals surface area contributed by atoms with Crippen molar-refractivity contribution in [1.29, 1.82) is 0 Å². The van der Waals surface area contributed by atoms with Crippen LogP contribution in [0, 0.1) is 11.8 Å². The van der Waals surface area contributed by atoms with Gasteiger partial charge in [-0.2, -0.15) is 0 Å². The molecular weight excluding hydrogens is 188 g/mol. The smallest absolute Gasteiger partial charge is 0.222 e. The maximum Gasteiger partial charge on any atom is 0.222 e. The van der Waals surface area contributed by atoms with Gasteiger partial charge < -0.3 is 11.1 Å². The van der Waals surface area contributed by atoms with E-state index in [9.17, 15) is 0 Å². The monoisotopic (exact) mass is 206 g/mol. The fourth-order valence-corrected chi connectivity index (χ4v) is 2.18. The van der Waals surface area contributed by atoms with Gasteiger partial charge in [0.2, 0.25) is 5.95 Å². The van der Waals surface area contributed by atoms with Crippen molar-refractivity contribution in [2.45, 2.75) is 26.2 Å². The second-order valence-corrected chi connectivity index (χ2v) is 4.39. The first-order valence-corrected chi connectivity index (χ1v) is 5.57. The van der Waals surface area contributed by atoms with Gasteiger partial charge in [-0.25, -0.2) is 9.97 Å². The van der Waals surface area contributed by atoms with Crippen molar-refractivity contribution in [2.75, 3.05) is 17.6 Å². The predicted molar refractivity (Wildman–Crippen MR) is 61.4 cm³/mol. The molecule has 4 heteroatoms. The van der Waals surface area contributed by atoms with Crippen molar-refractivity contribution >= 4 is 11.6 Å². The summed E-state index contributed by atoms with van der Waals surface area (Å²) in [6.07, 6.45) is 7.30. The first-order valence-electron chi connectivity index (χ1n) is 5.57. The molecule has 0 bridgehead atoms. The third-order valence-corrected chi connectivity index (χ3v) is 3.23. The van der Waals surface area contributed by atoms with E-state index in [0.29, 0.717) is 11.6 Å². The topological polar surface area (TPSA) is 63.8 Å². The summed E-state index contributed by atoms with van der Waals surface area (Å²) in [5, 5.41) is 3.27. The molecule has 1 heterocycles. The average molecular weight is 206 g/mol. The highest BCUT2D eigenvalue weighted by molar-refractivity contribution is 5.35. The number of nitrogens with two attached hydrogens (primary N) is 1. The van der Waals surface area contributed by atoms with Crippen molar-refractivity contribution in [1.82, 2.24) is 9.97 Å². The Labute approximate surface area is 90.3 Å². The molecule has 82 valence electrons. The zero-order chi connectivity index (χ0) is 10.7. The molecule has 0 radical (unpaired) electrons. The van der Waals surface area contributed by atoms with Crippen LogP contribution in [0.4, 0.5) is 11.6 Å². The molecule has 0 amide bonds. The Bertz CT molecular complexity index is 309. The Kier molecular flexibility index (Phi) is 3.04. The molecule has 1 saturated carbocycles. The van der Waals surface area contributed by atoms with Crippen LogP contribution in [-0.2, 0) is 0 Å². The Morgan fingerprint density at radius 3 is 2.73 bits per heavy atom. The molecule has 0 spiro atoms. The fourth-order valence-electron chi connectivity index (χ4n) is 2.18. The lowest BCUT2D eigenvalue weighted by Crippen LogP contribution is -2.17. The maximum atomic E-state index is 5.51. The number of aromatic nitrogens is 2. The summed E-state index contributed by atoms with van der Waals surface area (Å²) >= 11 is 0. The SMILES string of the molecule is CC1CCCC1CNc1ncc(N)cn1. The molecule has 2 unspecified atom stereocenters. The number of nitrogens with zero attached hydrogens (tertiary/aromatic N) is 2. The Morgan fingerprint density at radius 1 is 1.40 bits per heavy atom. The lowest BCUT2D eigenvalue weighted by molar-refractivity contribution is 0.439. The van der Waals surface area contributed by atoms with Gasteiger partial charge in [-0.1, -0.05) is 19.8 Å². The number of nitrogens with one attached hydrogen (secondary N) is 1. The highest BCUT2D eigenvalue weighted by atomic mass is 15.1. The van der Waals surface area contributed by atoms with Crippen LogP contribution in [0.3, 0.4) is 0 Å². The van der Waals surface area contributed by atoms with E-state index in [-0.39, 0.29) is 0 Å². The van der Waals surface area contributed by atoms with Crippen molar-refractivity contribution in [2.24, 2.45) is 11.8 Å². The minimum absolute atomic E-state index is 0.606. The van der Waals surface area contributed by atoms with Gasteiger partial charge in [-0.15, -0.1) is 0 Å². The largest absolute Gasteiger partial charge is 0.396 e. The number of anilines is 2. The van der Waals surface area contributed by atoms with Crippen LogP contribution in [0.2, 0.25) is 0 Å². The van der Waals surface area contributed by atoms with Crippen LogP contribution < -0.4 is 11.1 Å². The van der Waals surface area contributed by atoms with Gasteiger partial charge in [0.1, 0.15) is 0 Å². The minimum atomic E-state index is 0.606. The summed E-state index contributed by atoms with van der Waals surface area (Å²) in [4.78, 5) is 8.23. The van der Waals surface area contributed by atoms with Gasteiger partial charge in [-0.05, 0) is 18.3 Å². The number of rotatable bonds is 3. The molecule has 1 aromatic rings. The van der Waals surface area contributed by atoms with Gasteiger partial charge in [0, 0.05) is 6.54 Å². The fraction of sp³-hybridized carbons (Fsp3) is 0.636. The predicted octanol–water partition coefficient (Wildman–Crippen LogP) is 1.91. The molecule has 1 aliphatic carbocycles. The Morgan fingerprint density at radius 2 is 2.13 bits per heavy atom. The molecule has 2 rings (SSSR count). The van der Waals surface area contributed by atoms with Crippen LogP contribution in [0.25, 0.3) is 0 Å². The molecule has 15 heavy (non-hydrogen) atoms. The summed E-state index contributed by atoms with van der Waals surface area (Å²) in [6, 6.07) is 0. The summed E-state index contributed by atoms with van der Waals surface area (Å²) in [6.45, 7) is 3.30. The normalized spacial score (nSPS) is 25.4. The zero-order valence-electron chi connectivity index (χ0n) is 9.11. The van der Waals surface area contributed by atoms with Crippen molar-refractivity contribution in [3.05, 3.63) is 12.4 Å². The standard InChI is InChI=1S/C11H18N4/c1-8-3-2-4-9(8)5-13-11-14-6-10(12)7-15-11/h6-9H,2-5,12H2,1H3,(H,13,14,15). The second-order valence-electron chi connectivity index (χ2n) is 4.39. The Hall–Kier alpha value is -1.32. The van der Waals surface area contributed by atoms with E-state index in [2.05, 4.69) is 22.2 Å². The summed E-state index contributed by atoms with van der Waals surface area (Å²) in [7, 11) is 0. The van der Waals surface area contributed by atoms with Crippen LogP contribution in [0.1, 0.15) is 26.2 Å². The molecule has 3 N–H and O–H groups in total. The van der Waals surface area contributed by atoms with Gasteiger partial charge in [0.25, 0.3) is 0 Å². The molecule has 0 aliphatic heterocycles. The van der Waals surface area contributed by atoms with Gasteiger partial charge >= 0.3 is 0 Å². The molecule has 1 fully saturated rings. The van der Waals surface area contributed by atoms with Crippen LogP contribution in [-0.4, -0.2) is 16.5 Å². The van der Waals surface area contributed by atoms with E-state index < -0.39 is 0 Å². The van der Waals surface area contributed by atoms with E-state index >= 15 is 0 Å². The van der Waals surface area contributed by atoms with Crippen LogP contribution in [0.15, 0.2) is 12.4 Å². The highest BCUT2D eigenvalue weighted by Crippen LogP contribution is 2.30.